The Bertz CT molecular complexity index is 495. The van der Waals surface area contributed by atoms with E-state index in [4.69, 9.17) is 10.5 Å². The van der Waals surface area contributed by atoms with Crippen LogP contribution in [0.2, 0.25) is 0 Å². The van der Waals surface area contributed by atoms with Gasteiger partial charge in [-0.2, -0.15) is 0 Å². The van der Waals surface area contributed by atoms with Crippen LogP contribution in [0.5, 0.6) is 0 Å². The molecule has 0 aromatic heterocycles. The quantitative estimate of drug-likeness (QED) is 0.789. The number of carbonyl (C=O) groups is 1. The number of hydrogen-bond donors (Lipinski definition) is 1. The van der Waals surface area contributed by atoms with Crippen LogP contribution in [0.15, 0.2) is 0 Å². The lowest BCUT2D eigenvalue weighted by atomic mass is 9.46. The Morgan fingerprint density at radius 3 is 2.78 bits per heavy atom. The average molecular weight is 321 g/mol. The fourth-order valence-electron chi connectivity index (χ4n) is 5.61. The number of hydrogen-bond acceptors (Lipinski definition) is 4. The van der Waals surface area contributed by atoms with Crippen molar-refractivity contribution in [3.63, 3.8) is 0 Å². The standard InChI is InChI=1S/C18H31N3O2/c1-17(2)15-14(7-5-11-23-15)18(17,19)16(22)21-10-9-20-8-4-3-6-13(20)12-21/h13-15H,3-12,19H2,1-2H3. The largest absolute Gasteiger partial charge is 0.377 e. The first-order valence-corrected chi connectivity index (χ1v) is 9.40. The highest BCUT2D eigenvalue weighted by atomic mass is 16.5. The third-order valence-electron chi connectivity index (χ3n) is 7.16. The second-order valence-corrected chi connectivity index (χ2v) is 8.57. The van der Waals surface area contributed by atoms with Crippen molar-refractivity contribution >= 4 is 5.91 Å². The van der Waals surface area contributed by atoms with Crippen LogP contribution in [-0.2, 0) is 9.53 Å². The minimum absolute atomic E-state index is 0.154. The van der Waals surface area contributed by atoms with Gasteiger partial charge in [-0.25, -0.2) is 0 Å². The zero-order valence-electron chi connectivity index (χ0n) is 14.6. The van der Waals surface area contributed by atoms with Crippen molar-refractivity contribution in [2.75, 3.05) is 32.8 Å². The summed E-state index contributed by atoms with van der Waals surface area (Å²) in [7, 11) is 0. The lowest BCUT2D eigenvalue weighted by molar-refractivity contribution is -0.231. The van der Waals surface area contributed by atoms with Gasteiger partial charge in [0.25, 0.3) is 0 Å². The summed E-state index contributed by atoms with van der Waals surface area (Å²) in [4.78, 5) is 18.0. The molecule has 0 aromatic rings. The fourth-order valence-corrected chi connectivity index (χ4v) is 5.61. The Kier molecular flexibility index (Phi) is 3.74. The maximum absolute atomic E-state index is 13.4. The van der Waals surface area contributed by atoms with E-state index in [9.17, 15) is 4.79 Å². The highest BCUT2D eigenvalue weighted by molar-refractivity contribution is 5.89. The molecule has 3 aliphatic heterocycles. The number of piperazine rings is 1. The molecule has 4 rings (SSSR count). The van der Waals surface area contributed by atoms with Gasteiger partial charge in [0.15, 0.2) is 0 Å². The zero-order valence-corrected chi connectivity index (χ0v) is 14.6. The van der Waals surface area contributed by atoms with Gasteiger partial charge in [-0.15, -0.1) is 0 Å². The SMILES string of the molecule is CC1(C)C2OCCCC2C1(N)C(=O)N1CCN2CCCCC2C1. The molecule has 1 aliphatic carbocycles. The molecule has 4 aliphatic rings. The minimum Gasteiger partial charge on any atom is -0.377 e. The number of ether oxygens (including phenoxy) is 1. The molecule has 4 atom stereocenters. The molecular formula is C18H31N3O2. The van der Waals surface area contributed by atoms with E-state index in [0.29, 0.717) is 6.04 Å². The molecule has 4 unspecified atom stereocenters. The van der Waals surface area contributed by atoms with Crippen molar-refractivity contribution in [3.8, 4) is 0 Å². The molecule has 3 heterocycles. The van der Waals surface area contributed by atoms with Crippen LogP contribution in [0.4, 0.5) is 0 Å². The van der Waals surface area contributed by atoms with Crippen LogP contribution < -0.4 is 5.73 Å². The molecule has 1 saturated carbocycles. The van der Waals surface area contributed by atoms with Gasteiger partial charge in [0.2, 0.25) is 5.91 Å². The summed E-state index contributed by atoms with van der Waals surface area (Å²) in [6.45, 7) is 8.97. The average Bonchev–Trinajstić information content (AvgIpc) is 2.60. The van der Waals surface area contributed by atoms with Gasteiger partial charge in [0.05, 0.1) is 6.10 Å². The van der Waals surface area contributed by atoms with Crippen LogP contribution in [0, 0.1) is 11.3 Å². The van der Waals surface area contributed by atoms with Gasteiger partial charge >= 0.3 is 0 Å². The predicted octanol–water partition coefficient (Wildman–Crippen LogP) is 1.22. The maximum atomic E-state index is 13.4. The smallest absolute Gasteiger partial charge is 0.243 e. The Morgan fingerprint density at radius 2 is 1.96 bits per heavy atom. The molecule has 0 spiro atoms. The summed E-state index contributed by atoms with van der Waals surface area (Å²) >= 11 is 0. The van der Waals surface area contributed by atoms with Gasteiger partial charge in [0.1, 0.15) is 5.54 Å². The van der Waals surface area contributed by atoms with Crippen molar-refractivity contribution in [1.82, 2.24) is 9.80 Å². The number of amides is 1. The summed E-state index contributed by atoms with van der Waals surface area (Å²) in [5.41, 5.74) is 5.79. The number of carbonyl (C=O) groups excluding carboxylic acids is 1. The molecule has 0 bridgehead atoms. The van der Waals surface area contributed by atoms with Gasteiger partial charge in [0, 0.05) is 43.6 Å². The van der Waals surface area contributed by atoms with E-state index < -0.39 is 5.54 Å². The lowest BCUT2D eigenvalue weighted by Crippen LogP contribution is -2.83. The summed E-state index contributed by atoms with van der Waals surface area (Å²) in [5.74, 6) is 0.377. The molecule has 130 valence electrons. The van der Waals surface area contributed by atoms with Gasteiger partial charge in [-0.05, 0) is 32.2 Å². The van der Waals surface area contributed by atoms with Crippen LogP contribution in [0.1, 0.15) is 46.0 Å². The Hall–Kier alpha value is -0.650. The molecule has 2 N–H and O–H groups in total. The van der Waals surface area contributed by atoms with Crippen LogP contribution in [0.25, 0.3) is 0 Å². The minimum atomic E-state index is -0.741. The van der Waals surface area contributed by atoms with E-state index in [1.54, 1.807) is 0 Å². The molecule has 0 radical (unpaired) electrons. The van der Waals surface area contributed by atoms with Crippen molar-refractivity contribution in [3.05, 3.63) is 0 Å². The van der Waals surface area contributed by atoms with E-state index in [-0.39, 0.29) is 23.3 Å². The Morgan fingerprint density at radius 1 is 1.13 bits per heavy atom. The van der Waals surface area contributed by atoms with Crippen LogP contribution in [0.3, 0.4) is 0 Å². The number of nitrogens with two attached hydrogens (primary N) is 1. The van der Waals surface area contributed by atoms with Gasteiger partial charge in [-0.1, -0.05) is 20.3 Å². The Labute approximate surface area is 139 Å². The maximum Gasteiger partial charge on any atom is 0.243 e. The topological polar surface area (TPSA) is 58.8 Å². The summed E-state index contributed by atoms with van der Waals surface area (Å²) < 4.78 is 5.95. The molecule has 4 fully saturated rings. The summed E-state index contributed by atoms with van der Waals surface area (Å²) in [6, 6.07) is 0.548. The van der Waals surface area contributed by atoms with E-state index in [2.05, 4.69) is 23.6 Å². The van der Waals surface area contributed by atoms with E-state index in [0.717, 1.165) is 39.1 Å². The van der Waals surface area contributed by atoms with E-state index in [1.165, 1.54) is 25.8 Å². The molecule has 23 heavy (non-hydrogen) atoms. The van der Waals surface area contributed by atoms with E-state index in [1.807, 2.05) is 0 Å². The number of piperidine rings is 1. The second-order valence-electron chi connectivity index (χ2n) is 8.57. The van der Waals surface area contributed by atoms with E-state index >= 15 is 0 Å². The number of fused-ring (bicyclic) bond motifs is 2. The first-order valence-electron chi connectivity index (χ1n) is 9.40. The van der Waals surface area contributed by atoms with Crippen molar-refractivity contribution < 1.29 is 9.53 Å². The molecule has 1 amide bonds. The van der Waals surface area contributed by atoms with Crippen LogP contribution in [-0.4, -0.2) is 66.2 Å². The third kappa shape index (κ3) is 2.12. The second kappa shape index (κ2) is 5.43. The lowest BCUT2D eigenvalue weighted by Gasteiger charge is -2.66. The Balaban J connectivity index is 1.52. The fraction of sp³-hybridized carbons (Fsp3) is 0.944. The zero-order chi connectivity index (χ0) is 16.2. The highest BCUT2D eigenvalue weighted by Gasteiger charge is 2.71. The normalized spacial score (nSPS) is 43.3. The summed E-state index contributed by atoms with van der Waals surface area (Å²) in [6.07, 6.45) is 6.03. The first-order chi connectivity index (χ1) is 11.0. The number of nitrogens with zero attached hydrogens (tertiary/aromatic N) is 2. The van der Waals surface area contributed by atoms with Crippen LogP contribution >= 0.6 is 0 Å². The van der Waals surface area contributed by atoms with Crippen molar-refractivity contribution in [1.29, 1.82) is 0 Å². The molecule has 5 heteroatoms. The van der Waals surface area contributed by atoms with Gasteiger partial charge in [-0.3, -0.25) is 9.69 Å². The first kappa shape index (κ1) is 15.9. The molecular weight excluding hydrogens is 290 g/mol. The highest BCUT2D eigenvalue weighted by Crippen LogP contribution is 2.58. The number of rotatable bonds is 1. The molecule has 3 saturated heterocycles. The van der Waals surface area contributed by atoms with Crippen molar-refractivity contribution in [2.45, 2.75) is 63.6 Å². The summed E-state index contributed by atoms with van der Waals surface area (Å²) in [5, 5.41) is 0. The van der Waals surface area contributed by atoms with Gasteiger partial charge < -0.3 is 15.4 Å². The monoisotopic (exact) mass is 321 g/mol. The molecule has 0 aromatic carbocycles. The molecule has 5 nitrogen and oxygen atoms in total. The third-order valence-corrected chi connectivity index (χ3v) is 7.16. The van der Waals surface area contributed by atoms with Crippen molar-refractivity contribution in [2.24, 2.45) is 17.1 Å². The predicted molar refractivity (Wildman–Crippen MR) is 89.0 cm³/mol.